The molecule has 0 aliphatic rings. The molecule has 104 valence electrons. The van der Waals surface area contributed by atoms with Gasteiger partial charge in [0.15, 0.2) is 5.82 Å². The Morgan fingerprint density at radius 2 is 2.00 bits per heavy atom. The number of fused-ring (bicyclic) bond motifs is 1. The summed E-state index contributed by atoms with van der Waals surface area (Å²) < 4.78 is 3.65. The summed E-state index contributed by atoms with van der Waals surface area (Å²) in [4.78, 5) is 4.21. The average Bonchev–Trinajstić information content (AvgIpc) is 3.00. The lowest BCUT2D eigenvalue weighted by Crippen LogP contribution is -2.18. The van der Waals surface area contributed by atoms with Crippen LogP contribution in [0.5, 0.6) is 0 Å². The Morgan fingerprint density at radius 3 is 2.80 bits per heavy atom. The molecule has 0 spiro atoms. The number of nitrogens with one attached hydrogen (secondary N) is 1. The highest BCUT2D eigenvalue weighted by Crippen LogP contribution is 2.16. The van der Waals surface area contributed by atoms with Crippen LogP contribution in [0.25, 0.3) is 10.9 Å². The van der Waals surface area contributed by atoms with E-state index in [0.29, 0.717) is 0 Å². The number of hydrogen-bond acceptors (Lipinski definition) is 4. The Balaban J connectivity index is 1.60. The fraction of sp³-hybridized carbons (Fsp3) is 0.357. The van der Waals surface area contributed by atoms with E-state index in [1.165, 1.54) is 5.39 Å². The van der Waals surface area contributed by atoms with E-state index in [-0.39, 0.29) is 0 Å². The summed E-state index contributed by atoms with van der Waals surface area (Å²) in [5.41, 5.74) is 2.24. The summed E-state index contributed by atoms with van der Waals surface area (Å²) in [5.74, 6) is 0.867. The molecule has 0 saturated carbocycles. The predicted octanol–water partition coefficient (Wildman–Crippen LogP) is 1.03. The molecule has 0 atom stereocenters. The fourth-order valence-corrected chi connectivity index (χ4v) is 2.32. The molecule has 2 aromatic heterocycles. The number of benzene rings is 1. The normalized spacial score (nSPS) is 11.3. The maximum atomic E-state index is 4.56. The van der Waals surface area contributed by atoms with Crippen LogP contribution in [0.15, 0.2) is 30.6 Å². The Hall–Kier alpha value is -2.21. The minimum Gasteiger partial charge on any atom is -0.311 e. The molecule has 0 amide bonds. The molecule has 3 aromatic rings. The van der Waals surface area contributed by atoms with E-state index in [2.05, 4.69) is 32.6 Å². The highest BCUT2D eigenvalue weighted by Gasteiger charge is 2.07. The maximum Gasteiger partial charge on any atom is 0.151 e. The second-order valence-electron chi connectivity index (χ2n) is 4.85. The van der Waals surface area contributed by atoms with E-state index in [4.69, 9.17) is 0 Å². The van der Waals surface area contributed by atoms with Crippen LogP contribution in [0.1, 0.15) is 11.5 Å². The van der Waals surface area contributed by atoms with Crippen LogP contribution in [0, 0.1) is 0 Å². The van der Waals surface area contributed by atoms with E-state index in [9.17, 15) is 0 Å². The summed E-state index contributed by atoms with van der Waals surface area (Å²) >= 11 is 0. The standard InChI is InChI=1S/C14H18N6/c1-19-10-16-14(18-19)7-8-15-9-12-11-5-3-4-6-13(11)20(2)17-12/h3-6,10,15H,7-9H2,1-2H3. The molecule has 1 N–H and O–H groups in total. The first kappa shape index (κ1) is 12.8. The Labute approximate surface area is 117 Å². The first-order valence-corrected chi connectivity index (χ1v) is 6.70. The van der Waals surface area contributed by atoms with Gasteiger partial charge in [-0.15, -0.1) is 0 Å². The molecule has 0 saturated heterocycles. The second-order valence-corrected chi connectivity index (χ2v) is 4.85. The molecule has 0 radical (unpaired) electrons. The summed E-state index contributed by atoms with van der Waals surface area (Å²) in [6, 6.07) is 8.28. The van der Waals surface area contributed by atoms with E-state index < -0.39 is 0 Å². The summed E-state index contributed by atoms with van der Waals surface area (Å²) in [6.07, 6.45) is 2.55. The average molecular weight is 270 g/mol. The highest BCUT2D eigenvalue weighted by molar-refractivity contribution is 5.81. The molecule has 20 heavy (non-hydrogen) atoms. The molecule has 0 fully saturated rings. The molecule has 1 aromatic carbocycles. The van der Waals surface area contributed by atoms with Gasteiger partial charge in [-0.25, -0.2) is 4.98 Å². The van der Waals surface area contributed by atoms with Gasteiger partial charge in [0.2, 0.25) is 0 Å². The van der Waals surface area contributed by atoms with E-state index in [1.807, 2.05) is 30.9 Å². The Kier molecular flexibility index (Phi) is 3.47. The zero-order valence-corrected chi connectivity index (χ0v) is 11.7. The first-order chi connectivity index (χ1) is 9.74. The topological polar surface area (TPSA) is 60.6 Å². The predicted molar refractivity (Wildman–Crippen MR) is 77.1 cm³/mol. The molecule has 0 bridgehead atoms. The van der Waals surface area contributed by atoms with Crippen LogP contribution in [0.3, 0.4) is 0 Å². The van der Waals surface area contributed by atoms with Gasteiger partial charge in [-0.2, -0.15) is 10.2 Å². The van der Waals surface area contributed by atoms with Crippen molar-refractivity contribution in [2.45, 2.75) is 13.0 Å². The molecule has 0 aliphatic heterocycles. The van der Waals surface area contributed by atoms with Gasteiger partial charge in [-0.05, 0) is 6.07 Å². The van der Waals surface area contributed by atoms with Crippen molar-refractivity contribution in [3.63, 3.8) is 0 Å². The number of aryl methyl sites for hydroxylation is 2. The van der Waals surface area contributed by atoms with Crippen molar-refractivity contribution in [2.75, 3.05) is 6.54 Å². The van der Waals surface area contributed by atoms with Crippen LogP contribution in [-0.2, 0) is 27.1 Å². The zero-order valence-electron chi connectivity index (χ0n) is 11.7. The third-order valence-electron chi connectivity index (χ3n) is 3.30. The van der Waals surface area contributed by atoms with Gasteiger partial charge < -0.3 is 5.32 Å². The van der Waals surface area contributed by atoms with Crippen molar-refractivity contribution >= 4 is 10.9 Å². The maximum absolute atomic E-state index is 4.56. The van der Waals surface area contributed by atoms with Gasteiger partial charge in [0.25, 0.3) is 0 Å². The van der Waals surface area contributed by atoms with Crippen LogP contribution >= 0.6 is 0 Å². The molecule has 3 rings (SSSR count). The van der Waals surface area contributed by atoms with Crippen LogP contribution in [0.2, 0.25) is 0 Å². The SMILES string of the molecule is Cn1cnc(CCNCc2nn(C)c3ccccc23)n1. The summed E-state index contributed by atoms with van der Waals surface area (Å²) in [6.45, 7) is 1.60. The molecule has 2 heterocycles. The number of aromatic nitrogens is 5. The molecule has 6 nitrogen and oxygen atoms in total. The van der Waals surface area contributed by atoms with Gasteiger partial charge in [0, 0.05) is 39.0 Å². The number of hydrogen-bond donors (Lipinski definition) is 1. The monoisotopic (exact) mass is 270 g/mol. The van der Waals surface area contributed by atoms with E-state index in [0.717, 1.165) is 36.5 Å². The van der Waals surface area contributed by atoms with Crippen molar-refractivity contribution in [3.05, 3.63) is 42.1 Å². The lowest BCUT2D eigenvalue weighted by molar-refractivity contribution is 0.642. The Bertz CT molecular complexity index is 711. The smallest absolute Gasteiger partial charge is 0.151 e. The lowest BCUT2D eigenvalue weighted by atomic mass is 10.2. The highest BCUT2D eigenvalue weighted by atomic mass is 15.3. The van der Waals surface area contributed by atoms with Crippen molar-refractivity contribution in [3.8, 4) is 0 Å². The first-order valence-electron chi connectivity index (χ1n) is 6.70. The van der Waals surface area contributed by atoms with E-state index >= 15 is 0 Å². The third-order valence-corrected chi connectivity index (χ3v) is 3.30. The quantitative estimate of drug-likeness (QED) is 0.704. The molecular weight excluding hydrogens is 252 g/mol. The van der Waals surface area contributed by atoms with Crippen molar-refractivity contribution < 1.29 is 0 Å². The fourth-order valence-electron chi connectivity index (χ4n) is 2.32. The van der Waals surface area contributed by atoms with Crippen LogP contribution < -0.4 is 5.32 Å². The lowest BCUT2D eigenvalue weighted by Gasteiger charge is -2.00. The third kappa shape index (κ3) is 2.55. The minimum atomic E-state index is 0.758. The molecule has 0 aliphatic carbocycles. The van der Waals surface area contributed by atoms with Crippen molar-refractivity contribution in [1.29, 1.82) is 0 Å². The zero-order chi connectivity index (χ0) is 13.9. The van der Waals surface area contributed by atoms with Crippen molar-refractivity contribution in [2.24, 2.45) is 14.1 Å². The molecule has 6 heteroatoms. The number of para-hydroxylation sites is 1. The van der Waals surface area contributed by atoms with Crippen molar-refractivity contribution in [1.82, 2.24) is 29.9 Å². The van der Waals surface area contributed by atoms with Gasteiger partial charge in [0.1, 0.15) is 6.33 Å². The molecular formula is C14H18N6. The van der Waals surface area contributed by atoms with Gasteiger partial charge in [0.05, 0.1) is 11.2 Å². The largest absolute Gasteiger partial charge is 0.311 e. The van der Waals surface area contributed by atoms with Crippen LogP contribution in [0.4, 0.5) is 0 Å². The summed E-state index contributed by atoms with van der Waals surface area (Å²) in [5, 5.41) is 13.4. The number of rotatable bonds is 5. The van der Waals surface area contributed by atoms with Gasteiger partial charge in [-0.3, -0.25) is 9.36 Å². The molecule has 0 unspecified atom stereocenters. The van der Waals surface area contributed by atoms with Gasteiger partial charge >= 0.3 is 0 Å². The minimum absolute atomic E-state index is 0.758. The summed E-state index contributed by atoms with van der Waals surface area (Å²) in [7, 11) is 3.85. The van der Waals surface area contributed by atoms with Gasteiger partial charge in [-0.1, -0.05) is 18.2 Å². The second kappa shape index (κ2) is 5.42. The number of nitrogens with zero attached hydrogens (tertiary/aromatic N) is 5. The Morgan fingerprint density at radius 1 is 1.15 bits per heavy atom. The van der Waals surface area contributed by atoms with E-state index in [1.54, 1.807) is 11.0 Å². The van der Waals surface area contributed by atoms with Crippen LogP contribution in [-0.4, -0.2) is 31.1 Å².